The maximum atomic E-state index is 10.6. The molecule has 26 heavy (non-hydrogen) atoms. The number of aromatic hydroxyl groups is 4. The third-order valence-electron chi connectivity index (χ3n) is 7.23. The fourth-order valence-corrected chi connectivity index (χ4v) is 6.81. The second kappa shape index (κ2) is 5.09. The van der Waals surface area contributed by atoms with Gasteiger partial charge in [-0.1, -0.05) is 24.3 Å². The van der Waals surface area contributed by atoms with Crippen molar-refractivity contribution >= 4 is 0 Å². The van der Waals surface area contributed by atoms with Crippen molar-refractivity contribution < 1.29 is 20.4 Å². The zero-order valence-electron chi connectivity index (χ0n) is 14.7. The summed E-state index contributed by atoms with van der Waals surface area (Å²) in [5.74, 6) is 0.967. The molecule has 0 aromatic heterocycles. The molecule has 4 aliphatic carbocycles. The average Bonchev–Trinajstić information content (AvgIpc) is 2.58. The van der Waals surface area contributed by atoms with E-state index < -0.39 is 0 Å². The fourth-order valence-electron chi connectivity index (χ4n) is 6.81. The summed E-state index contributed by atoms with van der Waals surface area (Å²) in [4.78, 5) is 0. The monoisotopic (exact) mass is 352 g/mol. The molecule has 4 fully saturated rings. The Morgan fingerprint density at radius 1 is 0.654 bits per heavy atom. The lowest BCUT2D eigenvalue weighted by atomic mass is 9.41. The van der Waals surface area contributed by atoms with Crippen LogP contribution in [-0.4, -0.2) is 20.4 Å². The highest BCUT2D eigenvalue weighted by atomic mass is 16.3. The summed E-state index contributed by atoms with van der Waals surface area (Å²) >= 11 is 0. The van der Waals surface area contributed by atoms with Gasteiger partial charge in [0.1, 0.15) is 0 Å². The summed E-state index contributed by atoms with van der Waals surface area (Å²) in [6.07, 6.45) is 6.09. The molecule has 0 spiro atoms. The minimum Gasteiger partial charge on any atom is -0.504 e. The van der Waals surface area contributed by atoms with Gasteiger partial charge in [-0.25, -0.2) is 0 Å². The van der Waals surface area contributed by atoms with Crippen molar-refractivity contribution in [2.45, 2.75) is 49.4 Å². The van der Waals surface area contributed by atoms with Crippen LogP contribution in [0.2, 0.25) is 0 Å². The Morgan fingerprint density at radius 3 is 1.50 bits per heavy atom. The molecule has 0 aliphatic heterocycles. The van der Waals surface area contributed by atoms with E-state index in [0.29, 0.717) is 11.8 Å². The molecule has 0 amide bonds. The maximum absolute atomic E-state index is 10.6. The minimum absolute atomic E-state index is 0.00438. The van der Waals surface area contributed by atoms with E-state index >= 15 is 0 Å². The third-order valence-corrected chi connectivity index (χ3v) is 7.23. The van der Waals surface area contributed by atoms with Gasteiger partial charge in [0.05, 0.1) is 0 Å². The molecule has 6 rings (SSSR count). The van der Waals surface area contributed by atoms with Gasteiger partial charge in [-0.05, 0) is 62.5 Å². The largest absolute Gasteiger partial charge is 0.504 e. The van der Waals surface area contributed by atoms with Gasteiger partial charge in [0.25, 0.3) is 0 Å². The maximum Gasteiger partial charge on any atom is 0.161 e. The Balaban J connectivity index is 1.67. The van der Waals surface area contributed by atoms with Crippen LogP contribution in [0.4, 0.5) is 0 Å². The van der Waals surface area contributed by atoms with E-state index in [1.54, 1.807) is 0 Å². The quantitative estimate of drug-likeness (QED) is 0.608. The first-order chi connectivity index (χ1) is 12.4. The van der Waals surface area contributed by atoms with E-state index in [1.807, 2.05) is 24.3 Å². The van der Waals surface area contributed by atoms with Crippen molar-refractivity contribution in [1.82, 2.24) is 0 Å². The molecular weight excluding hydrogens is 328 g/mol. The van der Waals surface area contributed by atoms with Gasteiger partial charge < -0.3 is 20.4 Å². The summed E-state index contributed by atoms with van der Waals surface area (Å²) in [5, 5.41) is 41.2. The second-order valence-electron chi connectivity index (χ2n) is 8.87. The van der Waals surface area contributed by atoms with Crippen LogP contribution in [0.3, 0.4) is 0 Å². The summed E-state index contributed by atoms with van der Waals surface area (Å²) in [7, 11) is 0. The molecule has 0 heterocycles. The Hall–Kier alpha value is -2.36. The Labute approximate surface area is 152 Å². The van der Waals surface area contributed by atoms with Crippen molar-refractivity contribution in [3.8, 4) is 23.0 Å². The van der Waals surface area contributed by atoms with E-state index in [1.165, 1.54) is 18.6 Å². The smallest absolute Gasteiger partial charge is 0.161 e. The van der Waals surface area contributed by atoms with Crippen molar-refractivity contribution in [1.29, 1.82) is 0 Å². The summed E-state index contributed by atoms with van der Waals surface area (Å²) < 4.78 is 0. The highest BCUT2D eigenvalue weighted by Gasteiger charge is 2.60. The van der Waals surface area contributed by atoms with Gasteiger partial charge in [0, 0.05) is 22.0 Å². The molecule has 0 atom stereocenters. The van der Waals surface area contributed by atoms with Crippen LogP contribution in [-0.2, 0) is 10.8 Å². The third kappa shape index (κ3) is 2.01. The van der Waals surface area contributed by atoms with Crippen LogP contribution < -0.4 is 0 Å². The van der Waals surface area contributed by atoms with Crippen LogP contribution in [0.1, 0.15) is 49.7 Å². The number of hydrogen-bond acceptors (Lipinski definition) is 4. The molecule has 4 heteroatoms. The van der Waals surface area contributed by atoms with Crippen LogP contribution in [0, 0.1) is 11.8 Å². The lowest BCUT2D eigenvalue weighted by Crippen LogP contribution is -2.55. The first-order valence-corrected chi connectivity index (χ1v) is 9.45. The standard InChI is InChI=1S/C22H24O4/c23-17-5-1-3-15(19(17)25)21-8-13-7-14(9-21)11-22(10-13,12-21)16-4-2-6-18(24)20(16)26/h1-6,13-14,23-26H,7-12H2. The number of hydrogen-bond donors (Lipinski definition) is 4. The zero-order valence-corrected chi connectivity index (χ0v) is 14.7. The number of benzene rings is 2. The van der Waals surface area contributed by atoms with Gasteiger partial charge in [0.15, 0.2) is 23.0 Å². The highest BCUT2D eigenvalue weighted by molar-refractivity contribution is 5.53. The Kier molecular flexibility index (Phi) is 3.10. The molecule has 0 unspecified atom stereocenters. The van der Waals surface area contributed by atoms with E-state index in [0.717, 1.165) is 43.2 Å². The predicted molar refractivity (Wildman–Crippen MR) is 97.6 cm³/mol. The molecule has 136 valence electrons. The summed E-state index contributed by atoms with van der Waals surface area (Å²) in [6.45, 7) is 0. The lowest BCUT2D eigenvalue weighted by Gasteiger charge is -2.62. The molecule has 0 saturated heterocycles. The van der Waals surface area contributed by atoms with Gasteiger partial charge in [0.2, 0.25) is 0 Å². The molecule has 4 aliphatic rings. The zero-order chi connectivity index (χ0) is 18.1. The fraction of sp³-hybridized carbons (Fsp3) is 0.455. The van der Waals surface area contributed by atoms with Crippen LogP contribution in [0.5, 0.6) is 23.0 Å². The molecule has 2 aromatic carbocycles. The molecule has 2 aromatic rings. The number of para-hydroxylation sites is 2. The number of rotatable bonds is 2. The second-order valence-corrected chi connectivity index (χ2v) is 8.87. The van der Waals surface area contributed by atoms with Crippen LogP contribution in [0.25, 0.3) is 0 Å². The van der Waals surface area contributed by atoms with Crippen molar-refractivity contribution in [2.75, 3.05) is 0 Å². The van der Waals surface area contributed by atoms with Crippen molar-refractivity contribution in [3.05, 3.63) is 47.5 Å². The Morgan fingerprint density at radius 2 is 1.08 bits per heavy atom. The first kappa shape index (κ1) is 15.9. The number of phenolic OH excluding ortho intramolecular Hbond substituents is 4. The minimum atomic E-state index is -0.176. The number of phenols is 4. The molecular formula is C22H24O4. The average molecular weight is 352 g/mol. The molecule has 0 radical (unpaired) electrons. The van der Waals surface area contributed by atoms with Gasteiger partial charge >= 0.3 is 0 Å². The molecule has 4 nitrogen and oxygen atoms in total. The van der Waals surface area contributed by atoms with Crippen molar-refractivity contribution in [2.24, 2.45) is 11.8 Å². The van der Waals surface area contributed by atoms with E-state index in [2.05, 4.69) is 0 Å². The summed E-state index contributed by atoms with van der Waals surface area (Å²) in [5.41, 5.74) is 1.33. The summed E-state index contributed by atoms with van der Waals surface area (Å²) in [6, 6.07) is 10.5. The topological polar surface area (TPSA) is 80.9 Å². The van der Waals surface area contributed by atoms with E-state index in [9.17, 15) is 20.4 Å². The molecule has 4 saturated carbocycles. The van der Waals surface area contributed by atoms with Gasteiger partial charge in [-0.3, -0.25) is 0 Å². The first-order valence-electron chi connectivity index (χ1n) is 9.45. The highest BCUT2D eigenvalue weighted by Crippen LogP contribution is 2.68. The SMILES string of the molecule is Oc1cccc(C23CC4CC(C2)CC(c2cccc(O)c2O)(C4)C3)c1O. The normalized spacial score (nSPS) is 34.9. The van der Waals surface area contributed by atoms with Gasteiger partial charge in [-0.15, -0.1) is 0 Å². The van der Waals surface area contributed by atoms with Crippen LogP contribution >= 0.6 is 0 Å². The van der Waals surface area contributed by atoms with Gasteiger partial charge in [-0.2, -0.15) is 0 Å². The van der Waals surface area contributed by atoms with Crippen LogP contribution in [0.15, 0.2) is 36.4 Å². The predicted octanol–water partition coefficient (Wildman–Crippen LogP) is 4.30. The Bertz CT molecular complexity index is 804. The molecule has 4 N–H and O–H groups in total. The van der Waals surface area contributed by atoms with E-state index in [-0.39, 0.29) is 33.8 Å². The lowest BCUT2D eigenvalue weighted by molar-refractivity contribution is -0.0299. The van der Waals surface area contributed by atoms with Crippen molar-refractivity contribution in [3.63, 3.8) is 0 Å². The molecule has 4 bridgehead atoms. The van der Waals surface area contributed by atoms with E-state index in [4.69, 9.17) is 0 Å².